The minimum Gasteiger partial charge on any atom is -0.478 e. The van der Waals surface area contributed by atoms with E-state index in [4.69, 9.17) is 10.8 Å². The molecule has 1 aromatic heterocycles. The summed E-state index contributed by atoms with van der Waals surface area (Å²) in [7, 11) is 0. The SMILES string of the molecule is CCN(CC)CCCNc1ncc(C(=O)O)cc1N. The van der Waals surface area contributed by atoms with E-state index in [0.717, 1.165) is 32.6 Å². The molecule has 0 saturated carbocycles. The molecule has 6 heteroatoms. The van der Waals surface area contributed by atoms with Crippen LogP contribution >= 0.6 is 0 Å². The van der Waals surface area contributed by atoms with Gasteiger partial charge in [-0.05, 0) is 32.1 Å². The Labute approximate surface area is 113 Å². The second-order valence-electron chi connectivity index (χ2n) is 4.27. The van der Waals surface area contributed by atoms with E-state index in [2.05, 4.69) is 29.0 Å². The van der Waals surface area contributed by atoms with Crippen LogP contribution < -0.4 is 11.1 Å². The zero-order valence-electron chi connectivity index (χ0n) is 11.5. The summed E-state index contributed by atoms with van der Waals surface area (Å²) in [6.07, 6.45) is 2.30. The van der Waals surface area contributed by atoms with Gasteiger partial charge in [-0.25, -0.2) is 9.78 Å². The zero-order valence-corrected chi connectivity index (χ0v) is 11.5. The number of anilines is 2. The Balaban J connectivity index is 2.43. The van der Waals surface area contributed by atoms with E-state index < -0.39 is 5.97 Å². The lowest BCUT2D eigenvalue weighted by atomic mass is 10.2. The Hall–Kier alpha value is -1.82. The fourth-order valence-electron chi connectivity index (χ4n) is 1.80. The first-order valence-corrected chi connectivity index (χ1v) is 6.53. The normalized spacial score (nSPS) is 10.7. The molecule has 0 bridgehead atoms. The molecule has 1 aromatic rings. The Morgan fingerprint density at radius 1 is 1.47 bits per heavy atom. The van der Waals surface area contributed by atoms with Crippen molar-refractivity contribution in [1.29, 1.82) is 0 Å². The van der Waals surface area contributed by atoms with Gasteiger partial charge in [0.1, 0.15) is 5.82 Å². The van der Waals surface area contributed by atoms with Gasteiger partial charge >= 0.3 is 5.97 Å². The lowest BCUT2D eigenvalue weighted by Crippen LogP contribution is -2.25. The third-order valence-corrected chi connectivity index (χ3v) is 3.00. The van der Waals surface area contributed by atoms with Crippen LogP contribution in [0.5, 0.6) is 0 Å². The molecule has 1 rings (SSSR count). The molecule has 6 nitrogen and oxygen atoms in total. The zero-order chi connectivity index (χ0) is 14.3. The first-order chi connectivity index (χ1) is 9.08. The predicted molar refractivity (Wildman–Crippen MR) is 76.5 cm³/mol. The van der Waals surface area contributed by atoms with Crippen molar-refractivity contribution in [2.24, 2.45) is 0 Å². The van der Waals surface area contributed by atoms with Gasteiger partial charge in [-0.3, -0.25) is 0 Å². The van der Waals surface area contributed by atoms with Gasteiger partial charge in [0.15, 0.2) is 0 Å². The molecule has 0 aliphatic heterocycles. The Morgan fingerprint density at radius 2 is 2.16 bits per heavy atom. The summed E-state index contributed by atoms with van der Waals surface area (Å²) in [5.74, 6) is -0.475. The molecule has 0 radical (unpaired) electrons. The second-order valence-corrected chi connectivity index (χ2v) is 4.27. The lowest BCUT2D eigenvalue weighted by molar-refractivity contribution is 0.0696. The van der Waals surface area contributed by atoms with Gasteiger partial charge < -0.3 is 21.1 Å². The van der Waals surface area contributed by atoms with E-state index in [-0.39, 0.29) is 5.56 Å². The van der Waals surface area contributed by atoms with Crippen molar-refractivity contribution >= 4 is 17.5 Å². The van der Waals surface area contributed by atoms with Gasteiger partial charge in [0.2, 0.25) is 0 Å². The number of nitrogens with two attached hydrogens (primary N) is 1. The number of carbonyl (C=O) groups is 1. The first kappa shape index (κ1) is 15.2. The molecular formula is C13H22N4O2. The predicted octanol–water partition coefficient (Wildman–Crippen LogP) is 1.51. The molecule has 0 aliphatic carbocycles. The van der Waals surface area contributed by atoms with Crippen molar-refractivity contribution in [1.82, 2.24) is 9.88 Å². The Bertz CT molecular complexity index is 419. The number of carboxylic acid groups (broad SMARTS) is 1. The van der Waals surface area contributed by atoms with Crippen LogP contribution in [0.15, 0.2) is 12.3 Å². The van der Waals surface area contributed by atoms with Crippen molar-refractivity contribution < 1.29 is 9.90 Å². The monoisotopic (exact) mass is 266 g/mol. The summed E-state index contributed by atoms with van der Waals surface area (Å²) < 4.78 is 0. The van der Waals surface area contributed by atoms with Gasteiger partial charge in [-0.15, -0.1) is 0 Å². The molecule has 106 valence electrons. The molecule has 0 fully saturated rings. The van der Waals surface area contributed by atoms with E-state index in [1.807, 2.05) is 0 Å². The molecular weight excluding hydrogens is 244 g/mol. The maximum absolute atomic E-state index is 10.7. The highest BCUT2D eigenvalue weighted by molar-refractivity contribution is 5.89. The maximum Gasteiger partial charge on any atom is 0.337 e. The third-order valence-electron chi connectivity index (χ3n) is 3.00. The third kappa shape index (κ3) is 4.75. The number of nitrogens with zero attached hydrogens (tertiary/aromatic N) is 2. The number of carboxylic acids is 1. The minimum absolute atomic E-state index is 0.103. The maximum atomic E-state index is 10.7. The number of pyridine rings is 1. The van der Waals surface area contributed by atoms with Crippen LogP contribution in [0.25, 0.3) is 0 Å². The number of hydrogen-bond donors (Lipinski definition) is 3. The van der Waals surface area contributed by atoms with Crippen LogP contribution in [0.1, 0.15) is 30.6 Å². The number of rotatable bonds is 8. The topological polar surface area (TPSA) is 91.5 Å². The van der Waals surface area contributed by atoms with Crippen LogP contribution in [0.2, 0.25) is 0 Å². The van der Waals surface area contributed by atoms with Gasteiger partial charge in [0.05, 0.1) is 11.3 Å². The average Bonchev–Trinajstić information content (AvgIpc) is 2.40. The number of nitrogen functional groups attached to an aromatic ring is 1. The summed E-state index contributed by atoms with van der Waals surface area (Å²) in [6, 6.07) is 1.42. The highest BCUT2D eigenvalue weighted by Crippen LogP contribution is 2.16. The average molecular weight is 266 g/mol. The van der Waals surface area contributed by atoms with Crippen molar-refractivity contribution in [2.45, 2.75) is 20.3 Å². The van der Waals surface area contributed by atoms with Gasteiger partial charge in [-0.1, -0.05) is 13.8 Å². The van der Waals surface area contributed by atoms with Crippen LogP contribution in [-0.4, -0.2) is 47.1 Å². The molecule has 0 unspecified atom stereocenters. The number of aromatic nitrogens is 1. The Kier molecular flexibility index (Phi) is 6.08. The summed E-state index contributed by atoms with van der Waals surface area (Å²) in [5.41, 5.74) is 6.22. The van der Waals surface area contributed by atoms with Crippen LogP contribution in [0, 0.1) is 0 Å². The van der Waals surface area contributed by atoms with Crippen LogP contribution in [0.4, 0.5) is 11.5 Å². The summed E-state index contributed by atoms with van der Waals surface area (Å²) in [5, 5.41) is 11.9. The van der Waals surface area contributed by atoms with Gasteiger partial charge in [0.25, 0.3) is 0 Å². The Morgan fingerprint density at radius 3 is 2.68 bits per heavy atom. The van der Waals surface area contributed by atoms with E-state index in [1.165, 1.54) is 12.3 Å². The summed E-state index contributed by atoms with van der Waals surface area (Å²) in [6.45, 7) is 8.16. The van der Waals surface area contributed by atoms with Crippen molar-refractivity contribution in [3.8, 4) is 0 Å². The molecule has 0 spiro atoms. The van der Waals surface area contributed by atoms with Crippen LogP contribution in [0.3, 0.4) is 0 Å². The van der Waals surface area contributed by atoms with E-state index >= 15 is 0 Å². The van der Waals surface area contributed by atoms with Crippen LogP contribution in [-0.2, 0) is 0 Å². The quantitative estimate of drug-likeness (QED) is 0.618. The second kappa shape index (κ2) is 7.58. The number of hydrogen-bond acceptors (Lipinski definition) is 5. The summed E-state index contributed by atoms with van der Waals surface area (Å²) in [4.78, 5) is 17.1. The van der Waals surface area contributed by atoms with E-state index in [1.54, 1.807) is 0 Å². The summed E-state index contributed by atoms with van der Waals surface area (Å²) >= 11 is 0. The van der Waals surface area contributed by atoms with E-state index in [9.17, 15) is 4.79 Å². The number of nitrogens with one attached hydrogen (secondary N) is 1. The number of aromatic carboxylic acids is 1. The van der Waals surface area contributed by atoms with E-state index in [0.29, 0.717) is 11.5 Å². The minimum atomic E-state index is -1.02. The molecule has 0 aliphatic rings. The molecule has 0 aromatic carbocycles. The fourth-order valence-corrected chi connectivity index (χ4v) is 1.80. The lowest BCUT2D eigenvalue weighted by Gasteiger charge is -2.18. The van der Waals surface area contributed by atoms with Gasteiger partial charge in [0, 0.05) is 12.7 Å². The molecule has 4 N–H and O–H groups in total. The molecule has 0 saturated heterocycles. The highest BCUT2D eigenvalue weighted by Gasteiger charge is 2.07. The standard InChI is InChI=1S/C13H22N4O2/c1-3-17(4-2)7-5-6-15-12-11(14)8-10(9-16-12)13(18)19/h8-9H,3-7,14H2,1-2H3,(H,15,16)(H,18,19). The highest BCUT2D eigenvalue weighted by atomic mass is 16.4. The largest absolute Gasteiger partial charge is 0.478 e. The smallest absolute Gasteiger partial charge is 0.337 e. The fraction of sp³-hybridized carbons (Fsp3) is 0.538. The molecule has 0 amide bonds. The molecule has 19 heavy (non-hydrogen) atoms. The van der Waals surface area contributed by atoms with Crippen molar-refractivity contribution in [3.05, 3.63) is 17.8 Å². The first-order valence-electron chi connectivity index (χ1n) is 6.53. The van der Waals surface area contributed by atoms with Crippen molar-refractivity contribution in [2.75, 3.05) is 37.2 Å². The molecule has 0 atom stereocenters. The van der Waals surface area contributed by atoms with Gasteiger partial charge in [-0.2, -0.15) is 0 Å². The van der Waals surface area contributed by atoms with Crippen molar-refractivity contribution in [3.63, 3.8) is 0 Å². The molecule has 1 heterocycles.